The molecule has 0 aliphatic heterocycles. The summed E-state index contributed by atoms with van der Waals surface area (Å²) in [6.07, 6.45) is 1.68. The Morgan fingerprint density at radius 3 is 2.27 bits per heavy atom. The van der Waals surface area contributed by atoms with Gasteiger partial charge in [0.1, 0.15) is 0 Å². The average Bonchev–Trinajstić information content (AvgIpc) is 2.47. The standard InChI is InChI=1S/C7H14N2O.ClH/c1-5(2)9-6(10)7(8)3-4-7;/h5H,3-4,8H2,1-2H3,(H,9,10);1H. The second kappa shape index (κ2) is 3.41. The Hall–Kier alpha value is -0.280. The van der Waals surface area contributed by atoms with Crippen LogP contribution in [0.25, 0.3) is 0 Å². The van der Waals surface area contributed by atoms with Crippen molar-refractivity contribution in [3.63, 3.8) is 0 Å². The van der Waals surface area contributed by atoms with E-state index in [1.165, 1.54) is 0 Å². The molecular formula is C7H15ClN2O. The van der Waals surface area contributed by atoms with E-state index in [1.54, 1.807) is 0 Å². The zero-order chi connectivity index (χ0) is 7.78. The van der Waals surface area contributed by atoms with E-state index in [0.717, 1.165) is 12.8 Å². The van der Waals surface area contributed by atoms with Crippen LogP contribution in [0.5, 0.6) is 0 Å². The number of nitrogens with one attached hydrogen (secondary N) is 1. The highest BCUT2D eigenvalue weighted by Crippen LogP contribution is 2.32. The smallest absolute Gasteiger partial charge is 0.240 e. The molecule has 0 heterocycles. The molecule has 0 aromatic carbocycles. The molecule has 1 amide bonds. The van der Waals surface area contributed by atoms with Crippen molar-refractivity contribution in [1.82, 2.24) is 5.32 Å². The van der Waals surface area contributed by atoms with Crippen molar-refractivity contribution in [3.8, 4) is 0 Å². The van der Waals surface area contributed by atoms with Gasteiger partial charge in [0.25, 0.3) is 0 Å². The van der Waals surface area contributed by atoms with Gasteiger partial charge in [0, 0.05) is 6.04 Å². The van der Waals surface area contributed by atoms with Gasteiger partial charge in [0.15, 0.2) is 0 Å². The molecule has 1 rings (SSSR count). The van der Waals surface area contributed by atoms with Crippen LogP contribution in [0.15, 0.2) is 0 Å². The predicted molar refractivity (Wildman–Crippen MR) is 46.7 cm³/mol. The first kappa shape index (κ1) is 10.7. The largest absolute Gasteiger partial charge is 0.352 e. The van der Waals surface area contributed by atoms with E-state index in [-0.39, 0.29) is 24.4 Å². The Labute approximate surface area is 73.1 Å². The Morgan fingerprint density at radius 1 is 1.55 bits per heavy atom. The van der Waals surface area contributed by atoms with Crippen LogP contribution in [0.3, 0.4) is 0 Å². The molecule has 0 unspecified atom stereocenters. The fourth-order valence-corrected chi connectivity index (χ4v) is 0.768. The first-order chi connectivity index (χ1) is 4.54. The first-order valence-corrected chi connectivity index (χ1v) is 3.64. The number of amides is 1. The van der Waals surface area contributed by atoms with E-state index < -0.39 is 5.54 Å². The predicted octanol–water partition coefficient (Wildman–Crippen LogP) is 0.424. The summed E-state index contributed by atoms with van der Waals surface area (Å²) < 4.78 is 0. The van der Waals surface area contributed by atoms with Gasteiger partial charge in [-0.05, 0) is 26.7 Å². The number of rotatable bonds is 2. The second-order valence-corrected chi connectivity index (χ2v) is 3.28. The zero-order valence-electron chi connectivity index (χ0n) is 6.89. The third-order valence-corrected chi connectivity index (χ3v) is 1.66. The Morgan fingerprint density at radius 2 is 2.00 bits per heavy atom. The molecule has 0 spiro atoms. The Balaban J connectivity index is 0.000001000. The molecule has 0 radical (unpaired) electrons. The van der Waals surface area contributed by atoms with Gasteiger partial charge in [-0.1, -0.05) is 0 Å². The molecular weight excluding hydrogens is 164 g/mol. The normalized spacial score (nSPS) is 18.9. The summed E-state index contributed by atoms with van der Waals surface area (Å²) >= 11 is 0. The van der Waals surface area contributed by atoms with E-state index in [1.807, 2.05) is 13.8 Å². The van der Waals surface area contributed by atoms with Crippen LogP contribution in [0.4, 0.5) is 0 Å². The summed E-state index contributed by atoms with van der Waals surface area (Å²) in [4.78, 5) is 11.1. The lowest BCUT2D eigenvalue weighted by molar-refractivity contribution is -0.123. The van der Waals surface area contributed by atoms with Crippen LogP contribution >= 0.6 is 12.4 Å². The van der Waals surface area contributed by atoms with E-state index in [2.05, 4.69) is 5.32 Å². The minimum atomic E-state index is -0.510. The van der Waals surface area contributed by atoms with Crippen LogP contribution in [0.2, 0.25) is 0 Å². The Kier molecular flexibility index (Phi) is 3.32. The fourth-order valence-electron chi connectivity index (χ4n) is 0.768. The van der Waals surface area contributed by atoms with Gasteiger partial charge < -0.3 is 11.1 Å². The Bertz CT molecular complexity index is 155. The number of hydrogen-bond acceptors (Lipinski definition) is 2. The molecule has 0 saturated heterocycles. The van der Waals surface area contributed by atoms with Gasteiger partial charge in [-0.2, -0.15) is 0 Å². The molecule has 4 heteroatoms. The topological polar surface area (TPSA) is 55.1 Å². The van der Waals surface area contributed by atoms with E-state index in [0.29, 0.717) is 0 Å². The summed E-state index contributed by atoms with van der Waals surface area (Å²) in [5.74, 6) is 0.00231. The lowest BCUT2D eigenvalue weighted by Gasteiger charge is -2.12. The molecule has 0 aromatic heterocycles. The van der Waals surface area contributed by atoms with Gasteiger partial charge >= 0.3 is 0 Å². The van der Waals surface area contributed by atoms with Gasteiger partial charge in [-0.15, -0.1) is 12.4 Å². The van der Waals surface area contributed by atoms with Crippen molar-refractivity contribution >= 4 is 18.3 Å². The average molecular weight is 179 g/mol. The van der Waals surface area contributed by atoms with Crippen molar-refractivity contribution in [2.75, 3.05) is 0 Å². The highest BCUT2D eigenvalue weighted by molar-refractivity contribution is 5.89. The lowest BCUT2D eigenvalue weighted by atomic mass is 10.2. The maximum atomic E-state index is 11.1. The van der Waals surface area contributed by atoms with Crippen molar-refractivity contribution in [1.29, 1.82) is 0 Å². The summed E-state index contributed by atoms with van der Waals surface area (Å²) in [5, 5.41) is 2.78. The first-order valence-electron chi connectivity index (χ1n) is 3.64. The van der Waals surface area contributed by atoms with Crippen LogP contribution in [0, 0.1) is 0 Å². The van der Waals surface area contributed by atoms with Crippen molar-refractivity contribution < 1.29 is 4.79 Å². The molecule has 0 atom stereocenters. The molecule has 1 saturated carbocycles. The van der Waals surface area contributed by atoms with E-state index in [4.69, 9.17) is 5.73 Å². The van der Waals surface area contributed by atoms with Crippen molar-refractivity contribution in [2.24, 2.45) is 5.73 Å². The maximum Gasteiger partial charge on any atom is 0.240 e. The number of carbonyl (C=O) groups is 1. The molecule has 0 bridgehead atoms. The van der Waals surface area contributed by atoms with E-state index in [9.17, 15) is 4.79 Å². The molecule has 0 aromatic rings. The number of carbonyl (C=O) groups excluding carboxylic acids is 1. The molecule has 1 aliphatic rings. The van der Waals surface area contributed by atoms with Crippen LogP contribution < -0.4 is 11.1 Å². The molecule has 3 nitrogen and oxygen atoms in total. The van der Waals surface area contributed by atoms with Gasteiger partial charge in [-0.3, -0.25) is 4.79 Å². The van der Waals surface area contributed by atoms with Crippen molar-refractivity contribution in [2.45, 2.75) is 38.3 Å². The highest BCUT2D eigenvalue weighted by atomic mass is 35.5. The second-order valence-electron chi connectivity index (χ2n) is 3.28. The van der Waals surface area contributed by atoms with Crippen molar-refractivity contribution in [3.05, 3.63) is 0 Å². The quantitative estimate of drug-likeness (QED) is 0.644. The molecule has 66 valence electrons. The minimum absolute atomic E-state index is 0. The fraction of sp³-hybridized carbons (Fsp3) is 0.857. The number of nitrogens with two attached hydrogens (primary N) is 1. The molecule has 1 aliphatic carbocycles. The summed E-state index contributed by atoms with van der Waals surface area (Å²) in [6, 6.07) is 0.202. The maximum absolute atomic E-state index is 11.1. The monoisotopic (exact) mass is 178 g/mol. The molecule has 3 N–H and O–H groups in total. The summed E-state index contributed by atoms with van der Waals surface area (Å²) in [7, 11) is 0. The summed E-state index contributed by atoms with van der Waals surface area (Å²) in [5.41, 5.74) is 5.12. The third kappa shape index (κ3) is 2.67. The van der Waals surface area contributed by atoms with E-state index >= 15 is 0 Å². The van der Waals surface area contributed by atoms with Crippen LogP contribution in [-0.4, -0.2) is 17.5 Å². The van der Waals surface area contributed by atoms with Crippen LogP contribution in [0.1, 0.15) is 26.7 Å². The summed E-state index contributed by atoms with van der Waals surface area (Å²) in [6.45, 7) is 3.87. The third-order valence-electron chi connectivity index (χ3n) is 1.66. The molecule has 1 fully saturated rings. The SMILES string of the molecule is CC(C)NC(=O)C1(N)CC1.Cl. The number of halogens is 1. The molecule has 11 heavy (non-hydrogen) atoms. The lowest BCUT2D eigenvalue weighted by Crippen LogP contribution is -2.45. The van der Waals surface area contributed by atoms with Gasteiger partial charge in [0.05, 0.1) is 5.54 Å². The minimum Gasteiger partial charge on any atom is -0.352 e. The van der Waals surface area contributed by atoms with Crippen LogP contribution in [-0.2, 0) is 4.79 Å². The zero-order valence-corrected chi connectivity index (χ0v) is 7.70. The van der Waals surface area contributed by atoms with Gasteiger partial charge in [-0.25, -0.2) is 0 Å². The highest BCUT2D eigenvalue weighted by Gasteiger charge is 2.45. The number of hydrogen-bond donors (Lipinski definition) is 2. The van der Waals surface area contributed by atoms with Gasteiger partial charge in [0.2, 0.25) is 5.91 Å².